The summed E-state index contributed by atoms with van der Waals surface area (Å²) >= 11 is 0. The van der Waals surface area contributed by atoms with Gasteiger partial charge >= 0.3 is 0 Å². The number of carbonyl (C=O) groups excluding carboxylic acids is 1. The van der Waals surface area contributed by atoms with Crippen LogP contribution in [0.15, 0.2) is 24.3 Å². The molecule has 0 aliphatic carbocycles. The number of nitrogens with zero attached hydrogens (tertiary/aromatic N) is 3. The van der Waals surface area contributed by atoms with Crippen LogP contribution < -0.4 is 15.4 Å². The van der Waals surface area contributed by atoms with Crippen LogP contribution in [0.3, 0.4) is 0 Å². The zero-order valence-electron chi connectivity index (χ0n) is 11.5. The average Bonchev–Trinajstić information content (AvgIpc) is 2.46. The molecule has 2 N–H and O–H groups in total. The van der Waals surface area contributed by atoms with Crippen LogP contribution in [0.4, 0.5) is 11.8 Å². The Bertz CT molecular complexity index is 630. The molecule has 0 radical (unpaired) electrons. The number of aromatic nitrogens is 3. The SMILES string of the molecule is CNc1cccc(C(=O)Nc2nc(C)cc(OC)n2)n1. The normalized spacial score (nSPS) is 9.95. The maximum absolute atomic E-state index is 12.1. The van der Waals surface area contributed by atoms with Gasteiger partial charge in [-0.2, -0.15) is 4.98 Å². The van der Waals surface area contributed by atoms with Gasteiger partial charge in [-0.05, 0) is 19.1 Å². The quantitative estimate of drug-likeness (QED) is 0.877. The highest BCUT2D eigenvalue weighted by Gasteiger charge is 2.11. The number of methoxy groups -OCH3 is 1. The molecule has 20 heavy (non-hydrogen) atoms. The predicted molar refractivity (Wildman–Crippen MR) is 75.1 cm³/mol. The largest absolute Gasteiger partial charge is 0.481 e. The van der Waals surface area contributed by atoms with Crippen molar-refractivity contribution in [2.75, 3.05) is 24.8 Å². The first-order valence-corrected chi connectivity index (χ1v) is 5.98. The first-order chi connectivity index (χ1) is 9.62. The lowest BCUT2D eigenvalue weighted by Gasteiger charge is -2.07. The van der Waals surface area contributed by atoms with Crippen LogP contribution in [0.5, 0.6) is 5.88 Å². The fourth-order valence-corrected chi connectivity index (χ4v) is 1.57. The van der Waals surface area contributed by atoms with Crippen molar-refractivity contribution in [3.63, 3.8) is 0 Å². The summed E-state index contributed by atoms with van der Waals surface area (Å²) in [6.45, 7) is 1.79. The average molecular weight is 273 g/mol. The van der Waals surface area contributed by atoms with E-state index in [0.29, 0.717) is 17.4 Å². The molecule has 7 heteroatoms. The van der Waals surface area contributed by atoms with Crippen molar-refractivity contribution in [2.45, 2.75) is 6.92 Å². The maximum Gasteiger partial charge on any atom is 0.276 e. The lowest BCUT2D eigenvalue weighted by molar-refractivity contribution is 0.102. The molecule has 0 spiro atoms. The second-order valence-corrected chi connectivity index (χ2v) is 3.99. The lowest BCUT2D eigenvalue weighted by atomic mass is 10.3. The molecule has 1 amide bonds. The first kappa shape index (κ1) is 13.7. The molecule has 0 aliphatic heterocycles. The van der Waals surface area contributed by atoms with Crippen LogP contribution in [0.1, 0.15) is 16.2 Å². The molecule has 0 fully saturated rings. The van der Waals surface area contributed by atoms with E-state index in [1.807, 2.05) is 0 Å². The van der Waals surface area contributed by atoms with E-state index in [0.717, 1.165) is 0 Å². The number of aryl methyl sites for hydroxylation is 1. The van der Waals surface area contributed by atoms with Gasteiger partial charge < -0.3 is 10.1 Å². The molecule has 0 saturated carbocycles. The second-order valence-electron chi connectivity index (χ2n) is 3.99. The molecular formula is C13H15N5O2. The number of carbonyl (C=O) groups is 1. The molecular weight excluding hydrogens is 258 g/mol. The Morgan fingerprint density at radius 3 is 2.75 bits per heavy atom. The molecule has 0 aromatic carbocycles. The number of pyridine rings is 1. The Morgan fingerprint density at radius 1 is 1.25 bits per heavy atom. The van der Waals surface area contributed by atoms with Crippen LogP contribution in [0, 0.1) is 6.92 Å². The van der Waals surface area contributed by atoms with Crippen molar-refractivity contribution in [3.8, 4) is 5.88 Å². The Kier molecular flexibility index (Phi) is 4.09. The third kappa shape index (κ3) is 3.19. The van der Waals surface area contributed by atoms with E-state index in [9.17, 15) is 4.79 Å². The van der Waals surface area contributed by atoms with Crippen molar-refractivity contribution in [3.05, 3.63) is 35.7 Å². The second kappa shape index (κ2) is 5.96. The smallest absolute Gasteiger partial charge is 0.276 e. The first-order valence-electron chi connectivity index (χ1n) is 5.98. The van der Waals surface area contributed by atoms with Crippen molar-refractivity contribution in [1.29, 1.82) is 0 Å². The monoisotopic (exact) mass is 273 g/mol. The van der Waals surface area contributed by atoms with E-state index in [1.54, 1.807) is 38.2 Å². The van der Waals surface area contributed by atoms with Crippen molar-refractivity contribution in [1.82, 2.24) is 15.0 Å². The fraction of sp³-hybridized carbons (Fsp3) is 0.231. The highest BCUT2D eigenvalue weighted by atomic mass is 16.5. The minimum Gasteiger partial charge on any atom is -0.481 e. The van der Waals surface area contributed by atoms with Gasteiger partial charge in [-0.15, -0.1) is 0 Å². The van der Waals surface area contributed by atoms with Crippen LogP contribution in [0.25, 0.3) is 0 Å². The van der Waals surface area contributed by atoms with Crippen molar-refractivity contribution < 1.29 is 9.53 Å². The Hall–Kier alpha value is -2.70. The zero-order valence-corrected chi connectivity index (χ0v) is 11.5. The standard InChI is InChI=1S/C13H15N5O2/c1-8-7-11(20-3)17-13(15-8)18-12(19)9-5-4-6-10(14-2)16-9/h4-7H,1-3H3,(H,14,16)(H,15,17,18,19). The summed E-state index contributed by atoms with van der Waals surface area (Å²) in [6.07, 6.45) is 0. The van der Waals surface area contributed by atoms with Crippen molar-refractivity contribution in [2.24, 2.45) is 0 Å². The van der Waals surface area contributed by atoms with Crippen LogP contribution in [0.2, 0.25) is 0 Å². The molecule has 0 bridgehead atoms. The zero-order chi connectivity index (χ0) is 14.5. The van der Waals surface area contributed by atoms with Gasteiger partial charge in [0.25, 0.3) is 5.91 Å². The number of amides is 1. The highest BCUT2D eigenvalue weighted by Crippen LogP contribution is 2.12. The summed E-state index contributed by atoms with van der Waals surface area (Å²) in [5.74, 6) is 0.809. The van der Waals surface area contributed by atoms with Crippen molar-refractivity contribution >= 4 is 17.7 Å². The van der Waals surface area contributed by atoms with Crippen LogP contribution in [-0.2, 0) is 0 Å². The van der Waals surface area contributed by atoms with Gasteiger partial charge in [0.15, 0.2) is 0 Å². The third-order valence-corrected chi connectivity index (χ3v) is 2.50. The molecule has 2 rings (SSSR count). The molecule has 0 unspecified atom stereocenters. The minimum atomic E-state index is -0.380. The van der Waals surface area contributed by atoms with Gasteiger partial charge in [0.2, 0.25) is 11.8 Å². The number of anilines is 2. The van der Waals surface area contributed by atoms with E-state index < -0.39 is 0 Å². The predicted octanol–water partition coefficient (Wildman–Crippen LogP) is 1.48. The number of ether oxygens (including phenoxy) is 1. The Balaban J connectivity index is 2.20. The van der Waals surface area contributed by atoms with E-state index in [1.165, 1.54) is 7.11 Å². The molecule has 2 aromatic heterocycles. The van der Waals surface area contributed by atoms with E-state index in [2.05, 4.69) is 25.6 Å². The number of hydrogen-bond acceptors (Lipinski definition) is 6. The number of nitrogens with one attached hydrogen (secondary N) is 2. The molecule has 7 nitrogen and oxygen atoms in total. The summed E-state index contributed by atoms with van der Waals surface area (Å²) in [5, 5.41) is 5.46. The van der Waals surface area contributed by atoms with Crippen LogP contribution >= 0.6 is 0 Å². The Morgan fingerprint density at radius 2 is 2.05 bits per heavy atom. The van der Waals surface area contributed by atoms with Gasteiger partial charge in [0.05, 0.1) is 7.11 Å². The minimum absolute atomic E-state index is 0.184. The summed E-state index contributed by atoms with van der Waals surface area (Å²) < 4.78 is 5.03. The molecule has 2 aromatic rings. The Labute approximate surface area is 116 Å². The van der Waals surface area contributed by atoms with Gasteiger partial charge in [-0.1, -0.05) is 6.07 Å². The molecule has 104 valence electrons. The highest BCUT2D eigenvalue weighted by molar-refractivity contribution is 6.02. The topological polar surface area (TPSA) is 89.0 Å². The summed E-state index contributed by atoms with van der Waals surface area (Å²) in [4.78, 5) is 24.4. The summed E-state index contributed by atoms with van der Waals surface area (Å²) in [6, 6.07) is 6.80. The summed E-state index contributed by atoms with van der Waals surface area (Å²) in [5.41, 5.74) is 0.977. The van der Waals surface area contributed by atoms with E-state index in [-0.39, 0.29) is 17.5 Å². The van der Waals surface area contributed by atoms with Gasteiger partial charge in [-0.25, -0.2) is 9.97 Å². The van der Waals surface area contributed by atoms with Gasteiger partial charge in [-0.3, -0.25) is 10.1 Å². The maximum atomic E-state index is 12.1. The molecule has 0 atom stereocenters. The van der Waals surface area contributed by atoms with E-state index >= 15 is 0 Å². The van der Waals surface area contributed by atoms with Crippen LogP contribution in [-0.4, -0.2) is 35.0 Å². The molecule has 0 saturated heterocycles. The molecule has 0 aliphatic rings. The fourth-order valence-electron chi connectivity index (χ4n) is 1.57. The van der Waals surface area contributed by atoms with Gasteiger partial charge in [0, 0.05) is 18.8 Å². The lowest BCUT2D eigenvalue weighted by Crippen LogP contribution is -2.16. The summed E-state index contributed by atoms with van der Waals surface area (Å²) in [7, 11) is 3.24. The van der Waals surface area contributed by atoms with Gasteiger partial charge in [0.1, 0.15) is 11.5 Å². The number of hydrogen-bond donors (Lipinski definition) is 2. The number of rotatable bonds is 4. The third-order valence-electron chi connectivity index (χ3n) is 2.50. The molecule has 2 heterocycles. The van der Waals surface area contributed by atoms with E-state index in [4.69, 9.17) is 4.74 Å².